The molecule has 0 aliphatic carbocycles. The molecule has 0 aromatic carbocycles. The van der Waals surface area contributed by atoms with Gasteiger partial charge in [0.2, 0.25) is 0 Å². The van der Waals surface area contributed by atoms with Crippen molar-refractivity contribution in [2.75, 3.05) is 19.7 Å². The highest BCUT2D eigenvalue weighted by molar-refractivity contribution is 5.06. The van der Waals surface area contributed by atoms with Crippen molar-refractivity contribution in [1.82, 2.24) is 9.47 Å². The third kappa shape index (κ3) is 2.86. The van der Waals surface area contributed by atoms with E-state index in [1.807, 2.05) is 0 Å². The largest absolute Gasteiger partial charge is 0.396 e. The molecule has 1 N–H and O–H groups in total. The molecule has 0 radical (unpaired) electrons. The fraction of sp³-hybridized carbons (Fsp3) is 0.692. The lowest BCUT2D eigenvalue weighted by molar-refractivity contribution is 0.151. The Labute approximate surface area is 97.7 Å². The molecule has 2 rings (SSSR count). The fourth-order valence-electron chi connectivity index (χ4n) is 2.51. The van der Waals surface area contributed by atoms with Gasteiger partial charge in [0.15, 0.2) is 0 Å². The molecule has 0 saturated carbocycles. The number of likely N-dealkylation sites (tertiary alicyclic amines) is 1. The fourth-order valence-corrected chi connectivity index (χ4v) is 2.51. The molecule has 2 heterocycles. The number of rotatable bonds is 4. The van der Waals surface area contributed by atoms with E-state index in [9.17, 15) is 0 Å². The molecule has 1 saturated heterocycles. The summed E-state index contributed by atoms with van der Waals surface area (Å²) in [6, 6.07) is 4.30. The van der Waals surface area contributed by atoms with Crippen molar-refractivity contribution in [2.24, 2.45) is 13.0 Å². The van der Waals surface area contributed by atoms with Gasteiger partial charge >= 0.3 is 0 Å². The van der Waals surface area contributed by atoms with Crippen LogP contribution in [0.5, 0.6) is 0 Å². The van der Waals surface area contributed by atoms with E-state index in [2.05, 4.69) is 34.8 Å². The molecule has 1 aromatic rings. The molecule has 0 unspecified atom stereocenters. The number of aliphatic hydroxyl groups is 1. The van der Waals surface area contributed by atoms with Gasteiger partial charge in [-0.3, -0.25) is 4.90 Å². The molecular weight excluding hydrogens is 200 g/mol. The van der Waals surface area contributed by atoms with Crippen LogP contribution in [0.2, 0.25) is 0 Å². The second kappa shape index (κ2) is 5.51. The summed E-state index contributed by atoms with van der Waals surface area (Å²) >= 11 is 0. The second-order valence-electron chi connectivity index (χ2n) is 4.84. The zero-order valence-electron chi connectivity index (χ0n) is 10.1. The average Bonchev–Trinajstić information content (AvgIpc) is 2.68. The number of aromatic nitrogens is 1. The van der Waals surface area contributed by atoms with E-state index in [0.717, 1.165) is 18.9 Å². The Kier molecular flexibility index (Phi) is 4.02. The number of aryl methyl sites for hydroxylation is 1. The molecule has 16 heavy (non-hydrogen) atoms. The number of piperidine rings is 1. The Morgan fingerprint density at radius 3 is 2.69 bits per heavy atom. The third-order valence-corrected chi connectivity index (χ3v) is 3.68. The lowest BCUT2D eigenvalue weighted by Gasteiger charge is -2.31. The average molecular weight is 222 g/mol. The number of nitrogens with zero attached hydrogens (tertiary/aromatic N) is 2. The Morgan fingerprint density at radius 1 is 1.38 bits per heavy atom. The van der Waals surface area contributed by atoms with Crippen LogP contribution in [0.25, 0.3) is 0 Å². The minimum atomic E-state index is 0.350. The molecule has 3 nitrogen and oxygen atoms in total. The monoisotopic (exact) mass is 222 g/mol. The maximum absolute atomic E-state index is 8.91. The van der Waals surface area contributed by atoms with Crippen LogP contribution in [0, 0.1) is 5.92 Å². The zero-order valence-corrected chi connectivity index (χ0v) is 10.1. The summed E-state index contributed by atoms with van der Waals surface area (Å²) in [6.07, 6.45) is 5.57. The zero-order chi connectivity index (χ0) is 11.4. The van der Waals surface area contributed by atoms with E-state index in [-0.39, 0.29) is 0 Å². The smallest absolute Gasteiger partial charge is 0.0433 e. The van der Waals surface area contributed by atoms with Crippen LogP contribution in [0.4, 0.5) is 0 Å². The lowest BCUT2D eigenvalue weighted by Crippen LogP contribution is -2.33. The summed E-state index contributed by atoms with van der Waals surface area (Å²) < 4.78 is 2.19. The van der Waals surface area contributed by atoms with Gasteiger partial charge in [-0.2, -0.15) is 0 Å². The van der Waals surface area contributed by atoms with Crippen molar-refractivity contribution >= 4 is 0 Å². The Bertz CT molecular complexity index is 313. The Hall–Kier alpha value is -0.800. The molecule has 1 aromatic heterocycles. The predicted octanol–water partition coefficient (Wildman–Crippen LogP) is 1.62. The molecule has 1 aliphatic rings. The lowest BCUT2D eigenvalue weighted by atomic mass is 9.94. The minimum Gasteiger partial charge on any atom is -0.396 e. The van der Waals surface area contributed by atoms with Crippen molar-refractivity contribution in [3.8, 4) is 0 Å². The van der Waals surface area contributed by atoms with Crippen molar-refractivity contribution in [2.45, 2.75) is 25.8 Å². The van der Waals surface area contributed by atoms with Gasteiger partial charge in [0.05, 0.1) is 0 Å². The molecule has 0 spiro atoms. The van der Waals surface area contributed by atoms with E-state index >= 15 is 0 Å². The SMILES string of the molecule is Cn1cccc1CN1CCC(CCO)CC1. The molecule has 0 bridgehead atoms. The third-order valence-electron chi connectivity index (χ3n) is 3.68. The first kappa shape index (κ1) is 11.7. The normalized spacial score (nSPS) is 19.1. The first-order valence-electron chi connectivity index (χ1n) is 6.23. The number of aliphatic hydroxyl groups excluding tert-OH is 1. The summed E-state index contributed by atoms with van der Waals surface area (Å²) in [5, 5.41) is 8.91. The van der Waals surface area contributed by atoms with Gasteiger partial charge in [-0.25, -0.2) is 0 Å². The number of hydrogen-bond donors (Lipinski definition) is 1. The van der Waals surface area contributed by atoms with Crippen LogP contribution >= 0.6 is 0 Å². The summed E-state index contributed by atoms with van der Waals surface area (Å²) in [4.78, 5) is 2.52. The van der Waals surface area contributed by atoms with Crippen LogP contribution in [0.15, 0.2) is 18.3 Å². The summed E-state index contributed by atoms with van der Waals surface area (Å²) in [6.45, 7) is 3.77. The van der Waals surface area contributed by atoms with E-state index < -0.39 is 0 Å². The maximum Gasteiger partial charge on any atom is 0.0433 e. The van der Waals surface area contributed by atoms with E-state index in [1.165, 1.54) is 31.6 Å². The van der Waals surface area contributed by atoms with Gasteiger partial charge in [-0.15, -0.1) is 0 Å². The minimum absolute atomic E-state index is 0.350. The van der Waals surface area contributed by atoms with Crippen molar-refractivity contribution in [1.29, 1.82) is 0 Å². The van der Waals surface area contributed by atoms with Gasteiger partial charge < -0.3 is 9.67 Å². The highest BCUT2D eigenvalue weighted by atomic mass is 16.3. The van der Waals surface area contributed by atoms with E-state index in [1.54, 1.807) is 0 Å². The molecule has 1 fully saturated rings. The Morgan fingerprint density at radius 2 is 2.12 bits per heavy atom. The number of hydrogen-bond acceptors (Lipinski definition) is 2. The van der Waals surface area contributed by atoms with Crippen LogP contribution in [-0.2, 0) is 13.6 Å². The van der Waals surface area contributed by atoms with Gasteiger partial charge in [-0.1, -0.05) is 0 Å². The predicted molar refractivity (Wildman–Crippen MR) is 65.1 cm³/mol. The molecule has 1 aliphatic heterocycles. The molecule has 0 amide bonds. The van der Waals surface area contributed by atoms with Gasteiger partial charge in [0, 0.05) is 32.1 Å². The maximum atomic E-state index is 8.91. The summed E-state index contributed by atoms with van der Waals surface area (Å²) in [5.74, 6) is 0.745. The summed E-state index contributed by atoms with van der Waals surface area (Å²) in [5.41, 5.74) is 1.39. The summed E-state index contributed by atoms with van der Waals surface area (Å²) in [7, 11) is 2.11. The van der Waals surface area contributed by atoms with Crippen molar-refractivity contribution in [3.05, 3.63) is 24.0 Å². The van der Waals surface area contributed by atoms with Crippen LogP contribution < -0.4 is 0 Å². The highest BCUT2D eigenvalue weighted by Gasteiger charge is 2.18. The van der Waals surface area contributed by atoms with Crippen molar-refractivity contribution < 1.29 is 5.11 Å². The molecule has 90 valence electrons. The standard InChI is InChI=1S/C13H22N2O/c1-14-7-2-3-13(14)11-15-8-4-12(5-9-15)6-10-16/h2-3,7,12,16H,4-6,8-11H2,1H3. The Balaban J connectivity index is 1.79. The highest BCUT2D eigenvalue weighted by Crippen LogP contribution is 2.21. The first-order valence-corrected chi connectivity index (χ1v) is 6.23. The van der Waals surface area contributed by atoms with Crippen LogP contribution in [0.1, 0.15) is 25.0 Å². The first-order chi connectivity index (χ1) is 7.79. The topological polar surface area (TPSA) is 28.4 Å². The quantitative estimate of drug-likeness (QED) is 0.838. The molecule has 0 atom stereocenters. The van der Waals surface area contributed by atoms with Crippen LogP contribution in [0.3, 0.4) is 0 Å². The van der Waals surface area contributed by atoms with E-state index in [0.29, 0.717) is 6.61 Å². The molecular formula is C13H22N2O. The second-order valence-corrected chi connectivity index (χ2v) is 4.84. The van der Waals surface area contributed by atoms with Gasteiger partial charge in [0.25, 0.3) is 0 Å². The van der Waals surface area contributed by atoms with Crippen LogP contribution in [-0.4, -0.2) is 34.3 Å². The van der Waals surface area contributed by atoms with Gasteiger partial charge in [0.1, 0.15) is 0 Å². The van der Waals surface area contributed by atoms with Gasteiger partial charge in [-0.05, 0) is 50.4 Å². The molecule has 3 heteroatoms. The van der Waals surface area contributed by atoms with Crippen molar-refractivity contribution in [3.63, 3.8) is 0 Å². The van der Waals surface area contributed by atoms with E-state index in [4.69, 9.17) is 5.11 Å².